The van der Waals surface area contributed by atoms with Crippen molar-refractivity contribution in [3.8, 4) is 0 Å². The largest absolute Gasteiger partial charge is 0.444 e. The van der Waals surface area contributed by atoms with E-state index in [1.54, 1.807) is 0 Å². The number of carbonyl (C=O) groups excluding carboxylic acids is 1. The first-order chi connectivity index (χ1) is 8.88. The standard InChI is InChI=1S/C15H28N2O2/c1-11-12-7-5-8-13(12)16-9-6-10-17(11)14(18)19-15(2,3)4/h11-13,16H,5-10H2,1-4H3. The molecule has 1 saturated heterocycles. The molecule has 4 heteroatoms. The van der Waals surface area contributed by atoms with Gasteiger partial charge in [0, 0.05) is 18.6 Å². The van der Waals surface area contributed by atoms with Gasteiger partial charge in [0.25, 0.3) is 0 Å². The number of rotatable bonds is 0. The topological polar surface area (TPSA) is 41.6 Å². The summed E-state index contributed by atoms with van der Waals surface area (Å²) in [5.74, 6) is 0.577. The molecule has 0 radical (unpaired) electrons. The highest BCUT2D eigenvalue weighted by Crippen LogP contribution is 2.32. The van der Waals surface area contributed by atoms with E-state index in [0.29, 0.717) is 12.0 Å². The van der Waals surface area contributed by atoms with Crippen molar-refractivity contribution in [1.82, 2.24) is 10.2 Å². The predicted molar refractivity (Wildman–Crippen MR) is 76.2 cm³/mol. The van der Waals surface area contributed by atoms with Gasteiger partial charge in [-0.3, -0.25) is 0 Å². The maximum atomic E-state index is 12.4. The minimum absolute atomic E-state index is 0.146. The maximum absolute atomic E-state index is 12.4. The third-order valence-corrected chi connectivity index (χ3v) is 4.29. The molecule has 19 heavy (non-hydrogen) atoms. The molecule has 3 atom stereocenters. The van der Waals surface area contributed by atoms with Gasteiger partial charge in [-0.15, -0.1) is 0 Å². The van der Waals surface area contributed by atoms with Crippen LogP contribution >= 0.6 is 0 Å². The van der Waals surface area contributed by atoms with Crippen LogP contribution in [0, 0.1) is 5.92 Å². The van der Waals surface area contributed by atoms with E-state index in [0.717, 1.165) is 19.5 Å². The Kier molecular flexibility index (Phi) is 4.39. The number of nitrogens with zero attached hydrogens (tertiary/aromatic N) is 1. The van der Waals surface area contributed by atoms with Crippen LogP contribution in [0.4, 0.5) is 4.79 Å². The van der Waals surface area contributed by atoms with Crippen molar-refractivity contribution in [3.05, 3.63) is 0 Å². The summed E-state index contributed by atoms with van der Waals surface area (Å²) >= 11 is 0. The normalized spacial score (nSPS) is 32.4. The summed E-state index contributed by atoms with van der Waals surface area (Å²) in [7, 11) is 0. The molecule has 4 nitrogen and oxygen atoms in total. The Labute approximate surface area is 116 Å². The fourth-order valence-electron chi connectivity index (χ4n) is 3.37. The van der Waals surface area contributed by atoms with Crippen molar-refractivity contribution in [2.45, 2.75) is 71.1 Å². The molecule has 0 aromatic carbocycles. The van der Waals surface area contributed by atoms with E-state index < -0.39 is 5.60 Å². The summed E-state index contributed by atoms with van der Waals surface area (Å²) in [6.45, 7) is 9.78. The molecule has 0 spiro atoms. The summed E-state index contributed by atoms with van der Waals surface area (Å²) in [4.78, 5) is 14.3. The van der Waals surface area contributed by atoms with E-state index in [9.17, 15) is 4.79 Å². The molecule has 2 fully saturated rings. The molecule has 1 heterocycles. The van der Waals surface area contributed by atoms with Crippen LogP contribution in [0.15, 0.2) is 0 Å². The molecule has 1 aliphatic carbocycles. The Morgan fingerprint density at radius 3 is 2.68 bits per heavy atom. The van der Waals surface area contributed by atoms with Gasteiger partial charge in [0.15, 0.2) is 0 Å². The SMILES string of the molecule is CC1C2CCCC2NCCCN1C(=O)OC(C)(C)C. The number of ether oxygens (including phenoxy) is 1. The lowest BCUT2D eigenvalue weighted by Crippen LogP contribution is -2.52. The van der Waals surface area contributed by atoms with Crippen molar-refractivity contribution in [2.24, 2.45) is 5.92 Å². The monoisotopic (exact) mass is 268 g/mol. The van der Waals surface area contributed by atoms with Crippen molar-refractivity contribution in [2.75, 3.05) is 13.1 Å². The molecule has 1 saturated carbocycles. The van der Waals surface area contributed by atoms with Gasteiger partial charge >= 0.3 is 6.09 Å². The fraction of sp³-hybridized carbons (Fsp3) is 0.933. The summed E-state index contributed by atoms with van der Waals surface area (Å²) < 4.78 is 5.56. The minimum Gasteiger partial charge on any atom is -0.444 e. The molecular weight excluding hydrogens is 240 g/mol. The van der Waals surface area contributed by atoms with Gasteiger partial charge < -0.3 is 15.0 Å². The molecule has 0 aromatic rings. The first-order valence-electron chi connectivity index (χ1n) is 7.61. The second-order valence-corrected chi connectivity index (χ2v) is 6.92. The summed E-state index contributed by atoms with van der Waals surface area (Å²) in [6, 6.07) is 0.857. The molecule has 2 aliphatic rings. The minimum atomic E-state index is -0.410. The fourth-order valence-corrected chi connectivity index (χ4v) is 3.37. The molecule has 0 aromatic heterocycles. The molecule has 3 unspecified atom stereocenters. The Hall–Kier alpha value is -0.770. The van der Waals surface area contributed by atoms with Crippen molar-refractivity contribution >= 4 is 6.09 Å². The molecule has 2 rings (SSSR count). The number of amides is 1. The highest BCUT2D eigenvalue weighted by molar-refractivity contribution is 5.68. The van der Waals surface area contributed by atoms with Gasteiger partial charge in [-0.1, -0.05) is 6.42 Å². The van der Waals surface area contributed by atoms with Gasteiger partial charge in [0.05, 0.1) is 0 Å². The van der Waals surface area contributed by atoms with E-state index in [-0.39, 0.29) is 12.1 Å². The van der Waals surface area contributed by atoms with Gasteiger partial charge in [-0.2, -0.15) is 0 Å². The van der Waals surface area contributed by atoms with E-state index >= 15 is 0 Å². The lowest BCUT2D eigenvalue weighted by molar-refractivity contribution is 0.00810. The Balaban J connectivity index is 2.07. The van der Waals surface area contributed by atoms with Gasteiger partial charge in [0.1, 0.15) is 5.60 Å². The summed E-state index contributed by atoms with van der Waals surface area (Å²) in [5.41, 5.74) is -0.410. The Bertz CT molecular complexity index is 325. The molecule has 110 valence electrons. The van der Waals surface area contributed by atoms with E-state index in [4.69, 9.17) is 4.74 Å². The van der Waals surface area contributed by atoms with Crippen LogP contribution in [0.25, 0.3) is 0 Å². The maximum Gasteiger partial charge on any atom is 0.410 e. The van der Waals surface area contributed by atoms with Crippen LogP contribution in [0.5, 0.6) is 0 Å². The zero-order valence-electron chi connectivity index (χ0n) is 12.7. The third-order valence-electron chi connectivity index (χ3n) is 4.29. The number of hydrogen-bond donors (Lipinski definition) is 1. The van der Waals surface area contributed by atoms with E-state index in [1.165, 1.54) is 19.3 Å². The highest BCUT2D eigenvalue weighted by Gasteiger charge is 2.38. The van der Waals surface area contributed by atoms with Crippen molar-refractivity contribution in [1.29, 1.82) is 0 Å². The summed E-state index contributed by atoms with van der Waals surface area (Å²) in [6.07, 6.45) is 4.60. The lowest BCUT2D eigenvalue weighted by Gasteiger charge is -2.39. The van der Waals surface area contributed by atoms with E-state index in [2.05, 4.69) is 12.2 Å². The first-order valence-corrected chi connectivity index (χ1v) is 7.61. The first kappa shape index (κ1) is 14.6. The molecule has 0 bridgehead atoms. The Morgan fingerprint density at radius 1 is 1.26 bits per heavy atom. The average Bonchev–Trinajstić information content (AvgIpc) is 2.71. The number of nitrogens with one attached hydrogen (secondary N) is 1. The highest BCUT2D eigenvalue weighted by atomic mass is 16.6. The van der Waals surface area contributed by atoms with Crippen LogP contribution in [0.3, 0.4) is 0 Å². The quantitative estimate of drug-likeness (QED) is 0.734. The Morgan fingerprint density at radius 2 is 2.00 bits per heavy atom. The molecule has 1 amide bonds. The summed E-state index contributed by atoms with van der Waals surface area (Å²) in [5, 5.41) is 3.64. The van der Waals surface area contributed by atoms with Crippen molar-refractivity contribution < 1.29 is 9.53 Å². The third kappa shape index (κ3) is 3.62. The van der Waals surface area contributed by atoms with Crippen LogP contribution in [-0.2, 0) is 4.74 Å². The van der Waals surface area contributed by atoms with Crippen LogP contribution in [0.2, 0.25) is 0 Å². The van der Waals surface area contributed by atoms with E-state index in [1.807, 2.05) is 25.7 Å². The zero-order chi connectivity index (χ0) is 14.0. The van der Waals surface area contributed by atoms with Crippen LogP contribution < -0.4 is 5.32 Å². The molecular formula is C15H28N2O2. The van der Waals surface area contributed by atoms with Crippen LogP contribution in [-0.4, -0.2) is 41.8 Å². The van der Waals surface area contributed by atoms with Crippen molar-refractivity contribution in [3.63, 3.8) is 0 Å². The number of fused-ring (bicyclic) bond motifs is 1. The lowest BCUT2D eigenvalue weighted by atomic mass is 9.93. The zero-order valence-corrected chi connectivity index (χ0v) is 12.7. The molecule has 1 N–H and O–H groups in total. The average molecular weight is 268 g/mol. The van der Waals surface area contributed by atoms with Crippen LogP contribution in [0.1, 0.15) is 53.4 Å². The number of hydrogen-bond acceptors (Lipinski definition) is 3. The second kappa shape index (κ2) is 5.70. The molecule has 1 aliphatic heterocycles. The predicted octanol–water partition coefficient (Wildman–Crippen LogP) is 2.77. The second-order valence-electron chi connectivity index (χ2n) is 6.92. The number of carbonyl (C=O) groups is 1. The van der Waals surface area contributed by atoms with Gasteiger partial charge in [0.2, 0.25) is 0 Å². The van der Waals surface area contributed by atoms with Gasteiger partial charge in [-0.25, -0.2) is 4.79 Å². The van der Waals surface area contributed by atoms with Gasteiger partial charge in [-0.05, 0) is 59.4 Å². The smallest absolute Gasteiger partial charge is 0.410 e.